The van der Waals surface area contributed by atoms with Gasteiger partial charge in [0.05, 0.1) is 0 Å². The third-order valence-electron chi connectivity index (χ3n) is 6.44. The summed E-state index contributed by atoms with van der Waals surface area (Å²) in [4.78, 5) is 12.3. The highest BCUT2D eigenvalue weighted by atomic mass is 16.5. The van der Waals surface area contributed by atoms with Crippen molar-refractivity contribution in [2.24, 2.45) is 5.41 Å². The summed E-state index contributed by atoms with van der Waals surface area (Å²) in [5.41, 5.74) is 3.69. The molecule has 2 N–H and O–H groups in total. The van der Waals surface area contributed by atoms with Crippen LogP contribution in [0.5, 0.6) is 0 Å². The third kappa shape index (κ3) is 3.98. The maximum Gasteiger partial charge on any atom is 0.253 e. The molecule has 28 heavy (non-hydrogen) atoms. The Labute approximate surface area is 167 Å². The normalized spacial score (nSPS) is 25.9. The van der Waals surface area contributed by atoms with E-state index in [0.717, 1.165) is 31.5 Å². The van der Waals surface area contributed by atoms with Gasteiger partial charge in [0.2, 0.25) is 0 Å². The summed E-state index contributed by atoms with van der Waals surface area (Å²) in [5, 5.41) is 6.72. The Morgan fingerprint density at radius 3 is 2.68 bits per heavy atom. The highest BCUT2D eigenvalue weighted by Gasteiger charge is 2.48. The Balaban J connectivity index is 1.32. The van der Waals surface area contributed by atoms with Crippen molar-refractivity contribution in [3.05, 3.63) is 65.7 Å². The minimum atomic E-state index is -0.299. The second-order valence-electron chi connectivity index (χ2n) is 8.65. The summed E-state index contributed by atoms with van der Waals surface area (Å²) in [6, 6.07) is 19.4. The van der Waals surface area contributed by atoms with Gasteiger partial charge < -0.3 is 15.4 Å². The summed E-state index contributed by atoms with van der Waals surface area (Å²) in [6.07, 6.45) is 2.63. The van der Waals surface area contributed by atoms with E-state index < -0.39 is 0 Å². The Morgan fingerprint density at radius 1 is 1.14 bits per heavy atom. The van der Waals surface area contributed by atoms with Gasteiger partial charge in [0, 0.05) is 24.9 Å². The molecular formula is C24H30N2O2. The molecule has 1 aliphatic carbocycles. The van der Waals surface area contributed by atoms with Crippen LogP contribution in [0.15, 0.2) is 54.6 Å². The summed E-state index contributed by atoms with van der Waals surface area (Å²) in [6.45, 7) is 6.19. The van der Waals surface area contributed by atoms with E-state index in [9.17, 15) is 4.79 Å². The first-order valence-electron chi connectivity index (χ1n) is 10.3. The molecule has 0 bridgehead atoms. The molecule has 4 rings (SSSR count). The van der Waals surface area contributed by atoms with Gasteiger partial charge in [-0.15, -0.1) is 0 Å². The van der Waals surface area contributed by atoms with E-state index in [0.29, 0.717) is 18.6 Å². The molecule has 4 nitrogen and oxygen atoms in total. The van der Waals surface area contributed by atoms with Gasteiger partial charge in [-0.05, 0) is 53.9 Å². The fraction of sp³-hybridized carbons (Fsp3) is 0.458. The van der Waals surface area contributed by atoms with Gasteiger partial charge in [-0.25, -0.2) is 0 Å². The van der Waals surface area contributed by atoms with Gasteiger partial charge in [0.1, 0.15) is 6.10 Å². The molecular weight excluding hydrogens is 348 g/mol. The maximum atomic E-state index is 12.3. The molecule has 1 aliphatic heterocycles. The molecule has 4 heteroatoms. The molecule has 1 saturated heterocycles. The lowest BCUT2D eigenvalue weighted by atomic mass is 9.56. The predicted molar refractivity (Wildman–Crippen MR) is 112 cm³/mol. The van der Waals surface area contributed by atoms with Crippen molar-refractivity contribution in [1.82, 2.24) is 5.32 Å². The average molecular weight is 379 g/mol. The first-order chi connectivity index (χ1) is 13.5. The van der Waals surface area contributed by atoms with Crippen molar-refractivity contribution in [1.29, 1.82) is 0 Å². The maximum absolute atomic E-state index is 12.3. The van der Waals surface area contributed by atoms with Crippen LogP contribution in [-0.2, 0) is 16.1 Å². The SMILES string of the molecule is CC1(C)[C@H](NCc2cccc(NC(=O)[C@H]3CCCO3)c2)C[C@H]1c1ccccc1. The van der Waals surface area contributed by atoms with Gasteiger partial charge in [0.15, 0.2) is 0 Å². The Bertz CT molecular complexity index is 812. The molecule has 1 heterocycles. The monoisotopic (exact) mass is 378 g/mol. The lowest BCUT2D eigenvalue weighted by Gasteiger charge is -2.53. The van der Waals surface area contributed by atoms with Crippen LogP contribution in [0, 0.1) is 5.41 Å². The lowest BCUT2D eigenvalue weighted by molar-refractivity contribution is -0.124. The van der Waals surface area contributed by atoms with E-state index in [1.165, 1.54) is 11.1 Å². The topological polar surface area (TPSA) is 50.4 Å². The van der Waals surface area contributed by atoms with Crippen LogP contribution in [0.3, 0.4) is 0 Å². The number of nitrogens with one attached hydrogen (secondary N) is 2. The number of anilines is 1. The van der Waals surface area contributed by atoms with Crippen LogP contribution >= 0.6 is 0 Å². The number of ether oxygens (including phenoxy) is 1. The quantitative estimate of drug-likeness (QED) is 0.779. The third-order valence-corrected chi connectivity index (χ3v) is 6.44. The highest BCUT2D eigenvalue weighted by Crippen LogP contribution is 2.52. The summed E-state index contributed by atoms with van der Waals surface area (Å²) < 4.78 is 5.46. The van der Waals surface area contributed by atoms with Crippen molar-refractivity contribution in [3.8, 4) is 0 Å². The van der Waals surface area contributed by atoms with Crippen molar-refractivity contribution in [2.75, 3.05) is 11.9 Å². The lowest BCUT2D eigenvalue weighted by Crippen LogP contribution is -2.55. The van der Waals surface area contributed by atoms with Crippen LogP contribution < -0.4 is 10.6 Å². The number of carbonyl (C=O) groups is 1. The highest BCUT2D eigenvalue weighted by molar-refractivity contribution is 5.94. The minimum absolute atomic E-state index is 0.0339. The van der Waals surface area contributed by atoms with E-state index in [1.54, 1.807) is 0 Å². The molecule has 1 amide bonds. The average Bonchev–Trinajstić information content (AvgIpc) is 3.23. The number of benzene rings is 2. The van der Waals surface area contributed by atoms with Gasteiger partial charge in [-0.2, -0.15) is 0 Å². The Morgan fingerprint density at radius 2 is 1.96 bits per heavy atom. The van der Waals surface area contributed by atoms with Crippen molar-refractivity contribution in [2.45, 2.75) is 57.7 Å². The molecule has 2 aromatic rings. The van der Waals surface area contributed by atoms with E-state index in [4.69, 9.17) is 4.74 Å². The number of carbonyl (C=O) groups excluding carboxylic acids is 1. The summed E-state index contributed by atoms with van der Waals surface area (Å²) in [5.74, 6) is 0.566. The molecule has 3 atom stereocenters. The van der Waals surface area contributed by atoms with Gasteiger partial charge >= 0.3 is 0 Å². The number of rotatable bonds is 6. The smallest absolute Gasteiger partial charge is 0.253 e. The van der Waals surface area contributed by atoms with Crippen molar-refractivity contribution < 1.29 is 9.53 Å². The minimum Gasteiger partial charge on any atom is -0.368 e. The van der Waals surface area contributed by atoms with Gasteiger partial charge in [-0.3, -0.25) is 4.79 Å². The zero-order valence-corrected chi connectivity index (χ0v) is 16.8. The number of amides is 1. The first-order valence-corrected chi connectivity index (χ1v) is 10.3. The van der Waals surface area contributed by atoms with Crippen molar-refractivity contribution in [3.63, 3.8) is 0 Å². The molecule has 148 valence electrons. The standard InChI is InChI=1S/C24H30N2O2/c1-24(2)20(18-9-4-3-5-10-18)15-22(24)25-16-17-8-6-11-19(14-17)26-23(27)21-12-7-13-28-21/h3-6,8-11,14,20-22,25H,7,12-13,15-16H2,1-2H3,(H,26,27)/t20-,21+,22+/m0/s1. The molecule has 0 aromatic heterocycles. The van der Waals surface area contributed by atoms with Gasteiger partial charge in [0.25, 0.3) is 5.91 Å². The largest absolute Gasteiger partial charge is 0.368 e. The Hall–Kier alpha value is -2.17. The molecule has 2 aliphatic rings. The van der Waals surface area contributed by atoms with Crippen LogP contribution in [0.2, 0.25) is 0 Å². The van der Waals surface area contributed by atoms with E-state index >= 15 is 0 Å². The number of hydrogen-bond acceptors (Lipinski definition) is 3. The van der Waals surface area contributed by atoms with Crippen LogP contribution in [0.25, 0.3) is 0 Å². The van der Waals surface area contributed by atoms with E-state index in [1.807, 2.05) is 12.1 Å². The molecule has 2 fully saturated rings. The summed E-state index contributed by atoms with van der Waals surface area (Å²) in [7, 11) is 0. The van der Waals surface area contributed by atoms with E-state index in [-0.39, 0.29) is 17.4 Å². The van der Waals surface area contributed by atoms with Gasteiger partial charge in [-0.1, -0.05) is 56.3 Å². The molecule has 2 aromatic carbocycles. The molecule has 0 unspecified atom stereocenters. The molecule has 1 saturated carbocycles. The van der Waals surface area contributed by atoms with Crippen molar-refractivity contribution >= 4 is 11.6 Å². The second-order valence-corrected chi connectivity index (χ2v) is 8.65. The second kappa shape index (κ2) is 8.06. The number of hydrogen-bond donors (Lipinski definition) is 2. The molecule has 0 spiro atoms. The zero-order chi connectivity index (χ0) is 19.6. The molecule has 0 radical (unpaired) electrons. The van der Waals surface area contributed by atoms with Crippen LogP contribution in [0.1, 0.15) is 50.2 Å². The fourth-order valence-corrected chi connectivity index (χ4v) is 4.53. The zero-order valence-electron chi connectivity index (χ0n) is 16.8. The van der Waals surface area contributed by atoms with Crippen LogP contribution in [0.4, 0.5) is 5.69 Å². The Kier molecular flexibility index (Phi) is 5.51. The fourth-order valence-electron chi connectivity index (χ4n) is 4.53. The van der Waals surface area contributed by atoms with Crippen LogP contribution in [-0.4, -0.2) is 24.7 Å². The predicted octanol–water partition coefficient (Wildman–Crippen LogP) is 4.48. The first kappa shape index (κ1) is 19.2. The van der Waals surface area contributed by atoms with E-state index in [2.05, 4.69) is 66.9 Å². The summed E-state index contributed by atoms with van der Waals surface area (Å²) >= 11 is 0.